The lowest BCUT2D eigenvalue weighted by Crippen LogP contribution is -2.52. The van der Waals surface area contributed by atoms with Crippen molar-refractivity contribution in [2.75, 3.05) is 6.61 Å². The van der Waals surface area contributed by atoms with Crippen molar-refractivity contribution in [2.45, 2.75) is 31.0 Å². The van der Waals surface area contributed by atoms with Crippen molar-refractivity contribution in [1.82, 2.24) is 4.90 Å². The van der Waals surface area contributed by atoms with Crippen LogP contribution >= 0.6 is 0 Å². The number of rotatable bonds is 3. The minimum atomic E-state index is -1.08. The largest absolute Gasteiger partial charge is 0.479 e. The number of hydrogen-bond acceptors (Lipinski definition) is 4. The van der Waals surface area contributed by atoms with Gasteiger partial charge in [-0.25, -0.2) is 4.79 Å². The lowest BCUT2D eigenvalue weighted by molar-refractivity contribution is -0.174. The van der Waals surface area contributed by atoms with E-state index in [0.717, 1.165) is 12.8 Å². The van der Waals surface area contributed by atoms with E-state index in [9.17, 15) is 14.7 Å². The zero-order valence-electron chi connectivity index (χ0n) is 11.2. The summed E-state index contributed by atoms with van der Waals surface area (Å²) in [6.45, 7) is -0.194. The van der Waals surface area contributed by atoms with Gasteiger partial charge in [-0.3, -0.25) is 4.79 Å². The molecule has 1 amide bonds. The van der Waals surface area contributed by atoms with Crippen molar-refractivity contribution in [3.63, 3.8) is 0 Å². The minimum absolute atomic E-state index is 0.101. The van der Waals surface area contributed by atoms with Crippen LogP contribution in [0.15, 0.2) is 24.3 Å². The van der Waals surface area contributed by atoms with E-state index in [1.807, 2.05) is 6.07 Å². The molecule has 0 aromatic heterocycles. The Labute approximate surface area is 121 Å². The molecule has 1 N–H and O–H groups in total. The van der Waals surface area contributed by atoms with E-state index in [0.29, 0.717) is 11.1 Å². The first-order chi connectivity index (χ1) is 10.1. The van der Waals surface area contributed by atoms with Crippen LogP contribution in [0.1, 0.15) is 30.0 Å². The van der Waals surface area contributed by atoms with Crippen LogP contribution in [0.3, 0.4) is 0 Å². The molecule has 1 aromatic rings. The number of carboxylic acid groups (broad SMARTS) is 1. The summed E-state index contributed by atoms with van der Waals surface area (Å²) in [4.78, 5) is 25.2. The van der Waals surface area contributed by atoms with Gasteiger partial charge < -0.3 is 14.7 Å². The van der Waals surface area contributed by atoms with Gasteiger partial charge in [0.1, 0.15) is 6.61 Å². The molecule has 2 unspecified atom stereocenters. The van der Waals surface area contributed by atoms with E-state index in [-0.39, 0.29) is 18.6 Å². The number of carboxylic acids is 1. The molecule has 0 bridgehead atoms. The highest BCUT2D eigenvalue weighted by Gasteiger charge is 2.47. The molecule has 1 aromatic carbocycles. The Morgan fingerprint density at radius 1 is 1.33 bits per heavy atom. The maximum Gasteiger partial charge on any atom is 0.335 e. The minimum Gasteiger partial charge on any atom is -0.479 e. The summed E-state index contributed by atoms with van der Waals surface area (Å²) in [5.74, 6) is -1.26. The Bertz CT molecular complexity index is 616. The number of nitriles is 1. The first-order valence-corrected chi connectivity index (χ1v) is 6.77. The summed E-state index contributed by atoms with van der Waals surface area (Å²) < 4.78 is 5.23. The average molecular weight is 286 g/mol. The molecule has 1 saturated heterocycles. The number of nitrogens with zero attached hydrogens (tertiary/aromatic N) is 2. The molecule has 108 valence electrons. The molecule has 1 saturated carbocycles. The second-order valence-corrected chi connectivity index (χ2v) is 5.28. The van der Waals surface area contributed by atoms with Gasteiger partial charge in [0.25, 0.3) is 0 Å². The highest BCUT2D eigenvalue weighted by atomic mass is 16.5. The Balaban J connectivity index is 1.99. The molecule has 1 aliphatic heterocycles. The fourth-order valence-electron chi connectivity index (χ4n) is 2.71. The summed E-state index contributed by atoms with van der Waals surface area (Å²) in [6, 6.07) is 8.11. The van der Waals surface area contributed by atoms with Gasteiger partial charge in [0.15, 0.2) is 6.10 Å². The molecule has 0 radical (unpaired) electrons. The first-order valence-electron chi connectivity index (χ1n) is 6.77. The van der Waals surface area contributed by atoms with Gasteiger partial charge in [-0.2, -0.15) is 5.26 Å². The quantitative estimate of drug-likeness (QED) is 0.897. The Morgan fingerprint density at radius 2 is 2.00 bits per heavy atom. The first kappa shape index (κ1) is 13.6. The summed E-state index contributed by atoms with van der Waals surface area (Å²) in [5, 5.41) is 18.2. The number of ether oxygens (including phenoxy) is 1. The number of amides is 1. The van der Waals surface area contributed by atoms with E-state index in [4.69, 9.17) is 10.00 Å². The van der Waals surface area contributed by atoms with Crippen LogP contribution in [0.5, 0.6) is 0 Å². The molecule has 2 fully saturated rings. The second kappa shape index (κ2) is 5.19. The molecule has 0 spiro atoms. The van der Waals surface area contributed by atoms with Gasteiger partial charge in [-0.15, -0.1) is 0 Å². The van der Waals surface area contributed by atoms with Crippen molar-refractivity contribution in [3.05, 3.63) is 35.4 Å². The molecular weight excluding hydrogens is 272 g/mol. The van der Waals surface area contributed by atoms with Crippen LogP contribution < -0.4 is 0 Å². The molecule has 6 nitrogen and oxygen atoms in total. The molecule has 21 heavy (non-hydrogen) atoms. The number of aliphatic carboxylic acids is 1. The van der Waals surface area contributed by atoms with Gasteiger partial charge in [-0.05, 0) is 30.5 Å². The van der Waals surface area contributed by atoms with Crippen LogP contribution in [-0.2, 0) is 14.3 Å². The topological polar surface area (TPSA) is 90.6 Å². The highest BCUT2D eigenvalue weighted by molar-refractivity contribution is 5.83. The van der Waals surface area contributed by atoms with Crippen molar-refractivity contribution in [2.24, 2.45) is 0 Å². The van der Waals surface area contributed by atoms with Crippen molar-refractivity contribution in [1.29, 1.82) is 5.26 Å². The van der Waals surface area contributed by atoms with Crippen LogP contribution in [-0.4, -0.2) is 40.6 Å². The van der Waals surface area contributed by atoms with Gasteiger partial charge in [-0.1, -0.05) is 12.1 Å². The monoisotopic (exact) mass is 286 g/mol. The molecule has 3 rings (SSSR count). The number of hydrogen-bond donors (Lipinski definition) is 1. The maximum atomic E-state index is 12.1. The fraction of sp³-hybridized carbons (Fsp3) is 0.400. The van der Waals surface area contributed by atoms with Gasteiger partial charge in [0, 0.05) is 6.04 Å². The van der Waals surface area contributed by atoms with Crippen LogP contribution in [0, 0.1) is 11.3 Å². The fourth-order valence-corrected chi connectivity index (χ4v) is 2.71. The third-order valence-electron chi connectivity index (χ3n) is 3.83. The molecule has 1 aliphatic carbocycles. The van der Waals surface area contributed by atoms with E-state index in [1.165, 1.54) is 0 Å². The second-order valence-electron chi connectivity index (χ2n) is 5.28. The lowest BCUT2D eigenvalue weighted by Gasteiger charge is -2.39. The van der Waals surface area contributed by atoms with E-state index < -0.39 is 18.1 Å². The van der Waals surface area contributed by atoms with Crippen molar-refractivity contribution >= 4 is 11.9 Å². The molecule has 1 heterocycles. The van der Waals surface area contributed by atoms with Gasteiger partial charge in [0.05, 0.1) is 17.7 Å². The summed E-state index contributed by atoms with van der Waals surface area (Å²) >= 11 is 0. The Hall–Kier alpha value is -2.39. The smallest absolute Gasteiger partial charge is 0.335 e. The molecule has 6 heteroatoms. The SMILES string of the molecule is N#Cc1ccc(C2C(C(=O)O)OCC(=O)N2C2CC2)cc1. The standard InChI is InChI=1S/C15H14N2O4/c16-7-9-1-3-10(4-2-9)13-14(15(19)20)21-8-12(18)17(13)11-5-6-11/h1-4,11,13-14H,5-6,8H2,(H,19,20). The van der Waals surface area contributed by atoms with E-state index in [1.54, 1.807) is 29.2 Å². The van der Waals surface area contributed by atoms with Crippen LogP contribution in [0.4, 0.5) is 0 Å². The molecular formula is C15H14N2O4. The maximum absolute atomic E-state index is 12.1. The summed E-state index contributed by atoms with van der Waals surface area (Å²) in [5.41, 5.74) is 1.17. The van der Waals surface area contributed by atoms with Crippen molar-refractivity contribution in [3.8, 4) is 6.07 Å². The summed E-state index contributed by atoms with van der Waals surface area (Å²) in [7, 11) is 0. The normalized spacial score (nSPS) is 25.5. The number of carbonyl (C=O) groups excluding carboxylic acids is 1. The zero-order valence-corrected chi connectivity index (χ0v) is 11.2. The van der Waals surface area contributed by atoms with Gasteiger partial charge in [0.2, 0.25) is 5.91 Å². The Morgan fingerprint density at radius 3 is 2.52 bits per heavy atom. The lowest BCUT2D eigenvalue weighted by atomic mass is 9.96. The molecule has 2 aliphatic rings. The third kappa shape index (κ3) is 2.48. The average Bonchev–Trinajstić information content (AvgIpc) is 3.31. The van der Waals surface area contributed by atoms with Gasteiger partial charge >= 0.3 is 5.97 Å². The third-order valence-corrected chi connectivity index (χ3v) is 3.83. The molecule has 2 atom stereocenters. The highest BCUT2D eigenvalue weighted by Crippen LogP contribution is 2.39. The van der Waals surface area contributed by atoms with Crippen LogP contribution in [0.2, 0.25) is 0 Å². The van der Waals surface area contributed by atoms with E-state index in [2.05, 4.69) is 0 Å². The van der Waals surface area contributed by atoms with E-state index >= 15 is 0 Å². The number of benzene rings is 1. The van der Waals surface area contributed by atoms with Crippen molar-refractivity contribution < 1.29 is 19.4 Å². The zero-order chi connectivity index (χ0) is 15.0. The number of carbonyl (C=O) groups is 2. The predicted octanol–water partition coefficient (Wildman–Crippen LogP) is 1.07. The van der Waals surface area contributed by atoms with Crippen LogP contribution in [0.25, 0.3) is 0 Å². The summed E-state index contributed by atoms with van der Waals surface area (Å²) in [6.07, 6.45) is 0.714. The number of morpholine rings is 1. The Kier molecular flexibility index (Phi) is 3.35. The predicted molar refractivity (Wildman–Crippen MR) is 71.1 cm³/mol.